The van der Waals surface area contributed by atoms with Crippen molar-refractivity contribution >= 4 is 0 Å². The van der Waals surface area contributed by atoms with Crippen molar-refractivity contribution in [3.8, 4) is 0 Å². The highest BCUT2D eigenvalue weighted by atomic mass is 16.3. The molecular formula is C13H22N2O. The zero-order valence-electron chi connectivity index (χ0n) is 10.3. The van der Waals surface area contributed by atoms with Gasteiger partial charge in [0.05, 0.1) is 24.3 Å². The van der Waals surface area contributed by atoms with Crippen LogP contribution in [0.2, 0.25) is 0 Å². The molecule has 1 fully saturated rings. The molecule has 1 aromatic heterocycles. The second-order valence-corrected chi connectivity index (χ2v) is 5.08. The van der Waals surface area contributed by atoms with Crippen LogP contribution in [0.5, 0.6) is 0 Å². The van der Waals surface area contributed by atoms with Crippen molar-refractivity contribution in [2.45, 2.75) is 45.1 Å². The van der Waals surface area contributed by atoms with Crippen molar-refractivity contribution in [2.75, 3.05) is 0 Å². The van der Waals surface area contributed by atoms with Gasteiger partial charge in [0.25, 0.3) is 0 Å². The Kier molecular flexibility index (Phi) is 3.64. The minimum Gasteiger partial charge on any atom is -0.387 e. The summed E-state index contributed by atoms with van der Waals surface area (Å²) < 4.78 is 1.93. The smallest absolute Gasteiger partial charge is 0.0983 e. The molecule has 0 radical (unpaired) electrons. The zero-order valence-corrected chi connectivity index (χ0v) is 10.3. The Morgan fingerprint density at radius 2 is 2.38 bits per heavy atom. The first kappa shape index (κ1) is 11.6. The predicted molar refractivity (Wildman–Crippen MR) is 63.9 cm³/mol. The van der Waals surface area contributed by atoms with Gasteiger partial charge < -0.3 is 9.67 Å². The second kappa shape index (κ2) is 5.00. The Morgan fingerprint density at radius 3 is 3.00 bits per heavy atom. The summed E-state index contributed by atoms with van der Waals surface area (Å²) in [5, 5.41) is 10.4. The number of aryl methyl sites for hydroxylation is 1. The molecule has 1 saturated carbocycles. The van der Waals surface area contributed by atoms with Crippen LogP contribution >= 0.6 is 0 Å². The molecule has 3 heteroatoms. The van der Waals surface area contributed by atoms with Crippen LogP contribution < -0.4 is 0 Å². The summed E-state index contributed by atoms with van der Waals surface area (Å²) in [7, 11) is 1.95. The lowest BCUT2D eigenvalue weighted by molar-refractivity contribution is 0.0624. The van der Waals surface area contributed by atoms with E-state index in [1.807, 2.05) is 11.6 Å². The fraction of sp³-hybridized carbons (Fsp3) is 0.769. The molecule has 1 aliphatic carbocycles. The maximum absolute atomic E-state index is 10.4. The molecule has 0 amide bonds. The van der Waals surface area contributed by atoms with E-state index in [1.165, 1.54) is 25.7 Å². The van der Waals surface area contributed by atoms with Crippen LogP contribution in [-0.4, -0.2) is 14.7 Å². The Balaban J connectivity index is 2.04. The van der Waals surface area contributed by atoms with E-state index in [0.29, 0.717) is 5.92 Å². The average molecular weight is 222 g/mol. The highest BCUT2D eigenvalue weighted by Crippen LogP contribution is 2.38. The highest BCUT2D eigenvalue weighted by Gasteiger charge is 2.28. The van der Waals surface area contributed by atoms with Gasteiger partial charge in [-0.2, -0.15) is 0 Å². The molecule has 3 unspecified atom stereocenters. The molecule has 0 spiro atoms. The summed E-state index contributed by atoms with van der Waals surface area (Å²) in [5.74, 6) is 1.23. The zero-order chi connectivity index (χ0) is 11.5. The van der Waals surface area contributed by atoms with Crippen molar-refractivity contribution in [1.29, 1.82) is 0 Å². The van der Waals surface area contributed by atoms with Crippen LogP contribution in [0.25, 0.3) is 0 Å². The third-order valence-corrected chi connectivity index (χ3v) is 4.00. The molecular weight excluding hydrogens is 200 g/mol. The summed E-state index contributed by atoms with van der Waals surface area (Å²) >= 11 is 0. The maximum atomic E-state index is 10.4. The maximum Gasteiger partial charge on any atom is 0.0983 e. The Bertz CT molecular complexity index is 334. The molecule has 3 atom stereocenters. The third-order valence-electron chi connectivity index (χ3n) is 4.00. The van der Waals surface area contributed by atoms with Crippen molar-refractivity contribution < 1.29 is 5.11 Å². The standard InChI is InChI=1S/C13H22N2O/c1-3-10-5-4-6-11(7-10)13(16)12-8-14-9-15(12)2/h8-11,13,16H,3-7H2,1-2H3. The van der Waals surface area contributed by atoms with Crippen molar-refractivity contribution in [3.05, 3.63) is 18.2 Å². The fourth-order valence-corrected chi connectivity index (χ4v) is 2.88. The van der Waals surface area contributed by atoms with Crippen molar-refractivity contribution in [1.82, 2.24) is 9.55 Å². The monoisotopic (exact) mass is 222 g/mol. The number of aromatic nitrogens is 2. The van der Waals surface area contributed by atoms with Gasteiger partial charge in [-0.05, 0) is 24.7 Å². The topological polar surface area (TPSA) is 38.1 Å². The van der Waals surface area contributed by atoms with Gasteiger partial charge in [-0.15, -0.1) is 0 Å². The van der Waals surface area contributed by atoms with Gasteiger partial charge in [0.1, 0.15) is 0 Å². The molecule has 3 nitrogen and oxygen atoms in total. The molecule has 1 aromatic rings. The van der Waals surface area contributed by atoms with Crippen LogP contribution in [0.15, 0.2) is 12.5 Å². The van der Waals surface area contributed by atoms with Crippen LogP contribution in [0, 0.1) is 11.8 Å². The van der Waals surface area contributed by atoms with Gasteiger partial charge in [0.15, 0.2) is 0 Å². The molecule has 2 rings (SSSR count). The van der Waals surface area contributed by atoms with E-state index >= 15 is 0 Å². The van der Waals surface area contributed by atoms with Crippen molar-refractivity contribution in [2.24, 2.45) is 18.9 Å². The lowest BCUT2D eigenvalue weighted by Crippen LogP contribution is -2.22. The summed E-state index contributed by atoms with van der Waals surface area (Å²) in [6.45, 7) is 2.25. The molecule has 1 aliphatic rings. The normalized spacial score (nSPS) is 27.9. The molecule has 1 heterocycles. The highest BCUT2D eigenvalue weighted by molar-refractivity contribution is 5.04. The molecule has 16 heavy (non-hydrogen) atoms. The lowest BCUT2D eigenvalue weighted by atomic mass is 9.77. The van der Waals surface area contributed by atoms with E-state index in [1.54, 1.807) is 12.5 Å². The summed E-state index contributed by atoms with van der Waals surface area (Å²) in [6, 6.07) is 0. The van der Waals surface area contributed by atoms with Crippen LogP contribution in [0.1, 0.15) is 50.8 Å². The first-order valence-corrected chi connectivity index (χ1v) is 6.36. The molecule has 0 saturated heterocycles. The summed E-state index contributed by atoms with van der Waals surface area (Å²) in [4.78, 5) is 4.08. The number of hydrogen-bond donors (Lipinski definition) is 1. The number of imidazole rings is 1. The van der Waals surface area contributed by atoms with E-state index in [-0.39, 0.29) is 6.10 Å². The average Bonchev–Trinajstić information content (AvgIpc) is 2.74. The van der Waals surface area contributed by atoms with E-state index in [2.05, 4.69) is 11.9 Å². The minimum absolute atomic E-state index is 0.332. The van der Waals surface area contributed by atoms with E-state index in [0.717, 1.165) is 18.0 Å². The Morgan fingerprint density at radius 1 is 1.56 bits per heavy atom. The van der Waals surface area contributed by atoms with Gasteiger partial charge in [0.2, 0.25) is 0 Å². The molecule has 0 aromatic carbocycles. The lowest BCUT2D eigenvalue weighted by Gasteiger charge is -2.31. The van der Waals surface area contributed by atoms with Gasteiger partial charge in [-0.1, -0.05) is 26.2 Å². The van der Waals surface area contributed by atoms with E-state index < -0.39 is 0 Å². The Labute approximate surface area is 97.5 Å². The van der Waals surface area contributed by atoms with Crippen molar-refractivity contribution in [3.63, 3.8) is 0 Å². The van der Waals surface area contributed by atoms with Gasteiger partial charge in [-0.25, -0.2) is 4.98 Å². The first-order chi connectivity index (χ1) is 7.72. The SMILES string of the molecule is CCC1CCCC(C(O)c2cncn2C)C1. The largest absolute Gasteiger partial charge is 0.387 e. The van der Waals surface area contributed by atoms with E-state index in [9.17, 15) is 5.11 Å². The number of nitrogens with zero attached hydrogens (tertiary/aromatic N) is 2. The number of hydrogen-bond acceptors (Lipinski definition) is 2. The van der Waals surface area contributed by atoms with E-state index in [4.69, 9.17) is 0 Å². The van der Waals surface area contributed by atoms with Crippen LogP contribution in [-0.2, 0) is 7.05 Å². The Hall–Kier alpha value is -0.830. The van der Waals surface area contributed by atoms with Crippen LogP contribution in [0.3, 0.4) is 0 Å². The van der Waals surface area contributed by atoms with Crippen LogP contribution in [0.4, 0.5) is 0 Å². The summed E-state index contributed by atoms with van der Waals surface area (Å²) in [6.07, 6.45) is 9.39. The second-order valence-electron chi connectivity index (χ2n) is 5.08. The number of aliphatic hydroxyl groups is 1. The van der Waals surface area contributed by atoms with Gasteiger partial charge in [-0.3, -0.25) is 0 Å². The molecule has 1 N–H and O–H groups in total. The molecule has 0 aliphatic heterocycles. The quantitative estimate of drug-likeness (QED) is 0.853. The van der Waals surface area contributed by atoms with Gasteiger partial charge in [0, 0.05) is 7.05 Å². The predicted octanol–water partition coefficient (Wildman–Crippen LogP) is 2.67. The molecule has 90 valence electrons. The minimum atomic E-state index is -0.332. The third kappa shape index (κ3) is 2.29. The number of aliphatic hydroxyl groups excluding tert-OH is 1. The van der Waals surface area contributed by atoms with Gasteiger partial charge >= 0.3 is 0 Å². The fourth-order valence-electron chi connectivity index (χ4n) is 2.88. The molecule has 0 bridgehead atoms. The first-order valence-electron chi connectivity index (χ1n) is 6.36. The number of rotatable bonds is 3. The summed E-state index contributed by atoms with van der Waals surface area (Å²) in [5.41, 5.74) is 0.960.